The van der Waals surface area contributed by atoms with Gasteiger partial charge in [-0.2, -0.15) is 0 Å². The molecule has 0 bridgehead atoms. The first kappa shape index (κ1) is 18.2. The van der Waals surface area contributed by atoms with Crippen molar-refractivity contribution in [3.8, 4) is 5.75 Å². The van der Waals surface area contributed by atoms with Crippen molar-refractivity contribution in [3.05, 3.63) is 29.8 Å². The fraction of sp³-hybridized carbons (Fsp3) is 0.650. The lowest BCUT2D eigenvalue weighted by molar-refractivity contribution is -0.126. The number of amides is 1. The van der Waals surface area contributed by atoms with Crippen LogP contribution in [0.2, 0.25) is 0 Å². The lowest BCUT2D eigenvalue weighted by Gasteiger charge is -2.30. The maximum Gasteiger partial charge on any atom is 0.223 e. The molecule has 1 aliphatic heterocycles. The van der Waals surface area contributed by atoms with Gasteiger partial charge in [0.2, 0.25) is 5.91 Å². The normalized spacial score (nSPS) is 25.5. The summed E-state index contributed by atoms with van der Waals surface area (Å²) >= 11 is 0. The van der Waals surface area contributed by atoms with Gasteiger partial charge in [0.15, 0.2) is 0 Å². The number of hydrogen-bond donors (Lipinski definition) is 2. The number of likely N-dealkylation sites (tertiary alicyclic amines) is 1. The summed E-state index contributed by atoms with van der Waals surface area (Å²) in [5, 5.41) is 3.21. The number of benzene rings is 1. The topological polar surface area (TPSA) is 67.6 Å². The molecule has 0 aromatic heterocycles. The van der Waals surface area contributed by atoms with E-state index in [9.17, 15) is 4.79 Å². The van der Waals surface area contributed by atoms with Gasteiger partial charge >= 0.3 is 0 Å². The Morgan fingerprint density at radius 3 is 2.84 bits per heavy atom. The third-order valence-electron chi connectivity index (χ3n) is 5.62. The van der Waals surface area contributed by atoms with E-state index in [0.29, 0.717) is 6.54 Å². The molecule has 138 valence electrons. The van der Waals surface area contributed by atoms with E-state index in [4.69, 9.17) is 10.5 Å². The second kappa shape index (κ2) is 8.68. The van der Waals surface area contributed by atoms with E-state index in [1.54, 1.807) is 7.11 Å². The molecule has 3 rings (SSSR count). The molecule has 1 saturated heterocycles. The van der Waals surface area contributed by atoms with Gasteiger partial charge in [-0.05, 0) is 62.9 Å². The molecule has 1 aromatic carbocycles. The van der Waals surface area contributed by atoms with Crippen molar-refractivity contribution < 1.29 is 9.53 Å². The second-order valence-electron chi connectivity index (χ2n) is 7.40. The Kier molecular flexibility index (Phi) is 6.32. The van der Waals surface area contributed by atoms with Gasteiger partial charge in [-0.15, -0.1) is 0 Å². The highest BCUT2D eigenvalue weighted by molar-refractivity contribution is 5.78. The van der Waals surface area contributed by atoms with Gasteiger partial charge < -0.3 is 15.8 Å². The number of nitrogens with two attached hydrogens (primary N) is 1. The molecular formula is C20H31N3O2. The quantitative estimate of drug-likeness (QED) is 0.831. The van der Waals surface area contributed by atoms with Crippen molar-refractivity contribution in [1.29, 1.82) is 0 Å². The van der Waals surface area contributed by atoms with Crippen LogP contribution in [0.3, 0.4) is 0 Å². The fourth-order valence-electron chi connectivity index (χ4n) is 4.17. The number of carbonyl (C=O) groups excluding carboxylic acids is 1. The maximum atomic E-state index is 12.6. The Morgan fingerprint density at radius 1 is 1.32 bits per heavy atom. The average Bonchev–Trinajstić information content (AvgIpc) is 3.16. The highest BCUT2D eigenvalue weighted by Crippen LogP contribution is 2.28. The standard InChI is InChI=1S/C20H31N3O2/c1-25-18-9-5-6-15(13-18)19(23-10-2-3-11-23)14-22-20(24)16-7-4-8-17(21)12-16/h5-6,9,13,16-17,19H,2-4,7-8,10-12,14,21H2,1H3,(H,22,24). The molecule has 5 heteroatoms. The zero-order valence-electron chi connectivity index (χ0n) is 15.2. The Morgan fingerprint density at radius 2 is 2.12 bits per heavy atom. The number of methoxy groups -OCH3 is 1. The number of carbonyl (C=O) groups is 1. The van der Waals surface area contributed by atoms with Crippen LogP contribution in [0.25, 0.3) is 0 Å². The monoisotopic (exact) mass is 345 g/mol. The smallest absolute Gasteiger partial charge is 0.223 e. The molecule has 1 aliphatic carbocycles. The van der Waals surface area contributed by atoms with E-state index in [1.807, 2.05) is 12.1 Å². The molecule has 3 atom stereocenters. The van der Waals surface area contributed by atoms with E-state index in [1.165, 1.54) is 18.4 Å². The fourth-order valence-corrected chi connectivity index (χ4v) is 4.17. The predicted octanol–water partition coefficient (Wildman–Crippen LogP) is 2.47. The summed E-state index contributed by atoms with van der Waals surface area (Å²) in [7, 11) is 1.69. The van der Waals surface area contributed by atoms with Gasteiger partial charge in [-0.25, -0.2) is 0 Å². The van der Waals surface area contributed by atoms with E-state index >= 15 is 0 Å². The van der Waals surface area contributed by atoms with Gasteiger partial charge in [0.1, 0.15) is 5.75 Å². The van der Waals surface area contributed by atoms with E-state index in [-0.39, 0.29) is 23.9 Å². The van der Waals surface area contributed by atoms with Crippen molar-refractivity contribution in [3.63, 3.8) is 0 Å². The summed E-state index contributed by atoms with van der Waals surface area (Å²) in [5.74, 6) is 1.11. The van der Waals surface area contributed by atoms with Crippen LogP contribution < -0.4 is 15.8 Å². The maximum absolute atomic E-state index is 12.6. The first-order valence-electron chi connectivity index (χ1n) is 9.58. The Bertz CT molecular complexity index is 572. The van der Waals surface area contributed by atoms with Crippen LogP contribution >= 0.6 is 0 Å². The van der Waals surface area contributed by atoms with Crippen LogP contribution in [-0.4, -0.2) is 43.6 Å². The lowest BCUT2D eigenvalue weighted by atomic mass is 9.85. The summed E-state index contributed by atoms with van der Waals surface area (Å²) in [6.07, 6.45) is 6.35. The summed E-state index contributed by atoms with van der Waals surface area (Å²) in [4.78, 5) is 15.1. The highest BCUT2D eigenvalue weighted by Gasteiger charge is 2.28. The lowest BCUT2D eigenvalue weighted by Crippen LogP contribution is -2.41. The third-order valence-corrected chi connectivity index (χ3v) is 5.62. The Hall–Kier alpha value is -1.59. The number of nitrogens with one attached hydrogen (secondary N) is 1. The summed E-state index contributed by atoms with van der Waals surface area (Å²) in [6, 6.07) is 8.60. The van der Waals surface area contributed by atoms with Crippen LogP contribution in [0.1, 0.15) is 50.1 Å². The number of rotatable bonds is 6. The molecule has 0 radical (unpaired) electrons. The molecule has 2 fully saturated rings. The minimum atomic E-state index is 0.0771. The molecule has 1 heterocycles. The second-order valence-corrected chi connectivity index (χ2v) is 7.40. The number of hydrogen-bond acceptors (Lipinski definition) is 4. The van der Waals surface area contributed by atoms with Crippen LogP contribution in [0, 0.1) is 5.92 Å². The molecule has 3 N–H and O–H groups in total. The zero-order valence-corrected chi connectivity index (χ0v) is 15.2. The Labute approximate surface area is 150 Å². The minimum absolute atomic E-state index is 0.0771. The minimum Gasteiger partial charge on any atom is -0.497 e. The molecule has 3 unspecified atom stereocenters. The van der Waals surface area contributed by atoms with Gasteiger partial charge in [0, 0.05) is 18.5 Å². The SMILES string of the molecule is COc1cccc(C(CNC(=O)C2CCCC(N)C2)N2CCCC2)c1. The van der Waals surface area contributed by atoms with Crippen molar-refractivity contribution in [2.45, 2.75) is 50.6 Å². The van der Waals surface area contributed by atoms with Crippen LogP contribution in [-0.2, 0) is 4.79 Å². The van der Waals surface area contributed by atoms with E-state index in [0.717, 1.165) is 44.5 Å². The van der Waals surface area contributed by atoms with Gasteiger partial charge in [-0.3, -0.25) is 9.69 Å². The molecule has 2 aliphatic rings. The molecule has 1 aromatic rings. The largest absolute Gasteiger partial charge is 0.497 e. The molecule has 0 spiro atoms. The molecule has 25 heavy (non-hydrogen) atoms. The highest BCUT2D eigenvalue weighted by atomic mass is 16.5. The van der Waals surface area contributed by atoms with Crippen molar-refractivity contribution >= 4 is 5.91 Å². The van der Waals surface area contributed by atoms with Crippen molar-refractivity contribution in [2.75, 3.05) is 26.7 Å². The van der Waals surface area contributed by atoms with Crippen LogP contribution in [0.4, 0.5) is 0 Å². The summed E-state index contributed by atoms with van der Waals surface area (Å²) < 4.78 is 5.38. The first-order valence-corrected chi connectivity index (χ1v) is 9.58. The molecule has 5 nitrogen and oxygen atoms in total. The van der Waals surface area contributed by atoms with E-state index < -0.39 is 0 Å². The average molecular weight is 345 g/mol. The third kappa shape index (κ3) is 4.73. The molecule has 1 saturated carbocycles. The van der Waals surface area contributed by atoms with Gasteiger partial charge in [0.25, 0.3) is 0 Å². The Balaban J connectivity index is 1.66. The number of nitrogens with zero attached hydrogens (tertiary/aromatic N) is 1. The van der Waals surface area contributed by atoms with Gasteiger partial charge in [0.05, 0.1) is 13.2 Å². The van der Waals surface area contributed by atoms with Crippen LogP contribution in [0.15, 0.2) is 24.3 Å². The molecule has 1 amide bonds. The van der Waals surface area contributed by atoms with Crippen LogP contribution in [0.5, 0.6) is 5.75 Å². The van der Waals surface area contributed by atoms with E-state index in [2.05, 4.69) is 22.3 Å². The van der Waals surface area contributed by atoms with Crippen molar-refractivity contribution in [2.24, 2.45) is 11.7 Å². The zero-order chi connectivity index (χ0) is 17.6. The van der Waals surface area contributed by atoms with Gasteiger partial charge in [-0.1, -0.05) is 18.6 Å². The predicted molar refractivity (Wildman–Crippen MR) is 99.5 cm³/mol. The first-order chi connectivity index (χ1) is 12.2. The number of ether oxygens (including phenoxy) is 1. The summed E-state index contributed by atoms with van der Waals surface area (Å²) in [6.45, 7) is 2.83. The molecular weight excluding hydrogens is 314 g/mol. The summed E-state index contributed by atoms with van der Waals surface area (Å²) in [5.41, 5.74) is 7.25. The van der Waals surface area contributed by atoms with Crippen molar-refractivity contribution in [1.82, 2.24) is 10.2 Å².